The summed E-state index contributed by atoms with van der Waals surface area (Å²) in [5, 5.41) is 18.2. The van der Waals surface area contributed by atoms with E-state index < -0.39 is 5.97 Å². The normalized spacial score (nSPS) is 21.5. The van der Waals surface area contributed by atoms with Crippen LogP contribution in [0.4, 0.5) is 0 Å². The molecule has 1 aliphatic rings. The second-order valence-electron chi connectivity index (χ2n) is 4.17. The number of furan rings is 1. The molecule has 2 N–H and O–H groups in total. The van der Waals surface area contributed by atoms with Crippen molar-refractivity contribution in [3.63, 3.8) is 0 Å². The number of aliphatic hydroxyl groups excluding tert-OH is 1. The molecular weight excluding hydrogens is 210 g/mol. The van der Waals surface area contributed by atoms with Gasteiger partial charge in [0.05, 0.1) is 12.6 Å². The van der Waals surface area contributed by atoms with Crippen LogP contribution in [0.5, 0.6) is 0 Å². The quantitative estimate of drug-likeness (QED) is 0.797. The van der Waals surface area contributed by atoms with Gasteiger partial charge < -0.3 is 14.6 Å². The number of β-amino-alcohol motifs (C(OH)–C–C–N with tert-alkyl or cyclic N) is 1. The third kappa shape index (κ3) is 2.25. The van der Waals surface area contributed by atoms with Gasteiger partial charge in [-0.2, -0.15) is 0 Å². The van der Waals surface area contributed by atoms with Crippen LogP contribution in [0.15, 0.2) is 10.5 Å². The molecule has 0 aliphatic carbocycles. The maximum Gasteiger partial charge on any atom is 0.339 e. The molecule has 0 spiro atoms. The van der Waals surface area contributed by atoms with Crippen LogP contribution in [-0.4, -0.2) is 40.3 Å². The summed E-state index contributed by atoms with van der Waals surface area (Å²) in [7, 11) is 0. The minimum atomic E-state index is -0.964. The van der Waals surface area contributed by atoms with Crippen LogP contribution in [0.3, 0.4) is 0 Å². The van der Waals surface area contributed by atoms with E-state index in [0.717, 1.165) is 13.0 Å². The third-order valence-corrected chi connectivity index (χ3v) is 2.83. The van der Waals surface area contributed by atoms with Gasteiger partial charge in [-0.25, -0.2) is 4.79 Å². The van der Waals surface area contributed by atoms with E-state index in [2.05, 4.69) is 4.90 Å². The lowest BCUT2D eigenvalue weighted by atomic mass is 10.2. The summed E-state index contributed by atoms with van der Waals surface area (Å²) < 4.78 is 5.37. The van der Waals surface area contributed by atoms with Gasteiger partial charge in [-0.05, 0) is 19.4 Å². The molecule has 1 fully saturated rings. The van der Waals surface area contributed by atoms with Gasteiger partial charge in [0.25, 0.3) is 0 Å². The molecule has 5 nitrogen and oxygen atoms in total. The zero-order chi connectivity index (χ0) is 11.7. The van der Waals surface area contributed by atoms with Crippen LogP contribution in [0.1, 0.15) is 28.3 Å². The number of carboxylic acids is 1. The lowest BCUT2D eigenvalue weighted by Crippen LogP contribution is -2.21. The van der Waals surface area contributed by atoms with Crippen LogP contribution in [0.2, 0.25) is 0 Å². The van der Waals surface area contributed by atoms with E-state index in [4.69, 9.17) is 9.52 Å². The van der Waals surface area contributed by atoms with Crippen molar-refractivity contribution in [1.82, 2.24) is 4.90 Å². The van der Waals surface area contributed by atoms with Gasteiger partial charge in [0, 0.05) is 13.1 Å². The highest BCUT2D eigenvalue weighted by atomic mass is 16.4. The number of rotatable bonds is 3. The van der Waals surface area contributed by atoms with Crippen molar-refractivity contribution in [1.29, 1.82) is 0 Å². The Hall–Kier alpha value is -1.33. The Labute approximate surface area is 93.3 Å². The maximum atomic E-state index is 10.8. The summed E-state index contributed by atoms with van der Waals surface area (Å²) in [6.07, 6.45) is 0.501. The average molecular weight is 225 g/mol. The van der Waals surface area contributed by atoms with Gasteiger partial charge >= 0.3 is 5.97 Å². The highest BCUT2D eigenvalue weighted by molar-refractivity contribution is 5.88. The summed E-state index contributed by atoms with van der Waals surface area (Å²) in [6, 6.07) is 1.56. The second kappa shape index (κ2) is 4.27. The monoisotopic (exact) mass is 225 g/mol. The number of aliphatic hydroxyl groups is 1. The minimum Gasteiger partial charge on any atom is -0.478 e. The summed E-state index contributed by atoms with van der Waals surface area (Å²) in [6.45, 7) is 3.66. The predicted octanol–water partition coefficient (Wildman–Crippen LogP) is 0.853. The van der Waals surface area contributed by atoms with E-state index >= 15 is 0 Å². The maximum absolute atomic E-state index is 10.8. The third-order valence-electron chi connectivity index (χ3n) is 2.83. The molecule has 88 valence electrons. The van der Waals surface area contributed by atoms with E-state index in [1.54, 1.807) is 13.0 Å². The molecule has 1 unspecified atom stereocenters. The summed E-state index contributed by atoms with van der Waals surface area (Å²) in [5.74, 6) is 0.111. The molecule has 1 atom stereocenters. The van der Waals surface area contributed by atoms with Gasteiger partial charge in [-0.15, -0.1) is 0 Å². The van der Waals surface area contributed by atoms with E-state index in [1.165, 1.54) is 0 Å². The molecule has 1 aromatic rings. The Morgan fingerprint density at radius 3 is 2.94 bits per heavy atom. The molecule has 1 saturated heterocycles. The van der Waals surface area contributed by atoms with Crippen molar-refractivity contribution in [3.05, 3.63) is 23.2 Å². The summed E-state index contributed by atoms with van der Waals surface area (Å²) in [5.41, 5.74) is 0.217. The van der Waals surface area contributed by atoms with Crippen molar-refractivity contribution in [3.8, 4) is 0 Å². The van der Waals surface area contributed by atoms with E-state index in [9.17, 15) is 9.90 Å². The van der Waals surface area contributed by atoms with Crippen molar-refractivity contribution >= 4 is 5.97 Å². The Balaban J connectivity index is 2.05. The molecule has 16 heavy (non-hydrogen) atoms. The molecular formula is C11H15NO4. The molecule has 0 bridgehead atoms. The summed E-state index contributed by atoms with van der Waals surface area (Å²) >= 11 is 0. The molecule has 0 aromatic carbocycles. The molecule has 2 heterocycles. The van der Waals surface area contributed by atoms with Crippen LogP contribution in [0.25, 0.3) is 0 Å². The average Bonchev–Trinajstić information content (AvgIpc) is 2.73. The number of hydrogen-bond acceptors (Lipinski definition) is 4. The Morgan fingerprint density at radius 2 is 2.44 bits per heavy atom. The first-order valence-corrected chi connectivity index (χ1v) is 5.29. The van der Waals surface area contributed by atoms with Crippen LogP contribution in [-0.2, 0) is 6.54 Å². The zero-order valence-electron chi connectivity index (χ0n) is 9.14. The number of nitrogens with zero attached hydrogens (tertiary/aromatic N) is 1. The lowest BCUT2D eigenvalue weighted by molar-refractivity contribution is 0.0695. The number of hydrogen-bond donors (Lipinski definition) is 2. The molecule has 2 rings (SSSR count). The van der Waals surface area contributed by atoms with Gasteiger partial charge in [0.2, 0.25) is 0 Å². The van der Waals surface area contributed by atoms with Crippen LogP contribution >= 0.6 is 0 Å². The SMILES string of the molecule is Cc1oc(CN2CCC(O)C2)cc1C(=O)O. The first-order chi connectivity index (χ1) is 7.56. The van der Waals surface area contributed by atoms with E-state index in [-0.39, 0.29) is 11.7 Å². The standard InChI is InChI=1S/C11H15NO4/c1-7-10(11(14)15)4-9(16-7)6-12-3-2-8(13)5-12/h4,8,13H,2-3,5-6H2,1H3,(H,14,15). The predicted molar refractivity (Wildman–Crippen MR) is 56.3 cm³/mol. The molecule has 5 heteroatoms. The molecule has 1 aromatic heterocycles. The second-order valence-corrected chi connectivity index (χ2v) is 4.17. The Morgan fingerprint density at radius 1 is 1.69 bits per heavy atom. The largest absolute Gasteiger partial charge is 0.478 e. The van der Waals surface area contributed by atoms with Crippen LogP contribution in [0, 0.1) is 6.92 Å². The number of aromatic carboxylic acids is 1. The van der Waals surface area contributed by atoms with E-state index in [1.807, 2.05) is 0 Å². The van der Waals surface area contributed by atoms with Gasteiger partial charge in [0.15, 0.2) is 0 Å². The highest BCUT2D eigenvalue weighted by Crippen LogP contribution is 2.18. The molecule has 1 aliphatic heterocycles. The molecule has 0 amide bonds. The van der Waals surface area contributed by atoms with Gasteiger partial charge in [-0.1, -0.05) is 0 Å². The highest BCUT2D eigenvalue weighted by Gasteiger charge is 2.22. The number of carboxylic acid groups (broad SMARTS) is 1. The first-order valence-electron chi connectivity index (χ1n) is 5.29. The minimum absolute atomic E-state index is 0.217. The zero-order valence-corrected chi connectivity index (χ0v) is 9.14. The smallest absolute Gasteiger partial charge is 0.339 e. The van der Waals surface area contributed by atoms with Crippen molar-refractivity contribution in [2.24, 2.45) is 0 Å². The summed E-state index contributed by atoms with van der Waals surface area (Å²) in [4.78, 5) is 12.9. The lowest BCUT2D eigenvalue weighted by Gasteiger charge is -2.12. The van der Waals surface area contributed by atoms with Gasteiger partial charge in [0.1, 0.15) is 17.1 Å². The van der Waals surface area contributed by atoms with Crippen LogP contribution < -0.4 is 0 Å². The molecule has 0 radical (unpaired) electrons. The Bertz CT molecular complexity index is 399. The topological polar surface area (TPSA) is 73.9 Å². The van der Waals surface area contributed by atoms with Crippen molar-refractivity contribution < 1.29 is 19.4 Å². The molecule has 0 saturated carbocycles. The fourth-order valence-electron chi connectivity index (χ4n) is 2.01. The van der Waals surface area contributed by atoms with Crippen molar-refractivity contribution in [2.75, 3.05) is 13.1 Å². The Kier molecular flexibility index (Phi) is 2.98. The van der Waals surface area contributed by atoms with E-state index in [0.29, 0.717) is 24.6 Å². The van der Waals surface area contributed by atoms with Crippen molar-refractivity contribution in [2.45, 2.75) is 26.0 Å². The van der Waals surface area contributed by atoms with Gasteiger partial charge in [-0.3, -0.25) is 4.90 Å². The fraction of sp³-hybridized carbons (Fsp3) is 0.545. The number of carbonyl (C=O) groups is 1. The fourth-order valence-corrected chi connectivity index (χ4v) is 2.01. The first kappa shape index (κ1) is 11.2. The number of likely N-dealkylation sites (tertiary alicyclic amines) is 1. The number of aryl methyl sites for hydroxylation is 1.